The maximum atomic E-state index is 12.4. The number of benzene rings is 1. The van der Waals surface area contributed by atoms with Gasteiger partial charge in [0.1, 0.15) is 11.3 Å². The number of hydrogen-bond acceptors (Lipinski definition) is 6. The van der Waals surface area contributed by atoms with Crippen LogP contribution in [-0.2, 0) is 4.79 Å². The average Bonchev–Trinajstić information content (AvgIpc) is 3.29. The van der Waals surface area contributed by atoms with E-state index in [4.69, 9.17) is 10.2 Å². The van der Waals surface area contributed by atoms with Gasteiger partial charge in [0.15, 0.2) is 5.78 Å². The summed E-state index contributed by atoms with van der Waals surface area (Å²) in [5, 5.41) is 2.56. The van der Waals surface area contributed by atoms with Crippen molar-refractivity contribution in [1.82, 2.24) is 4.90 Å². The number of ketones is 1. The number of rotatable bonds is 14. The molecular formula is C27H33N3O6. The molecule has 1 aromatic carbocycles. The molecule has 3 rings (SSSR count). The summed E-state index contributed by atoms with van der Waals surface area (Å²) < 4.78 is 5.40. The number of furan rings is 1. The summed E-state index contributed by atoms with van der Waals surface area (Å²) in [6.07, 6.45) is 7.70. The Morgan fingerprint density at radius 3 is 1.92 bits per heavy atom. The number of aryl methyl sites for hydroxylation is 1. The molecule has 2 aromatic rings. The van der Waals surface area contributed by atoms with Crippen molar-refractivity contribution in [2.45, 2.75) is 71.6 Å². The third-order valence-corrected chi connectivity index (χ3v) is 6.35. The molecular weight excluding hydrogens is 462 g/mol. The Morgan fingerprint density at radius 2 is 1.39 bits per heavy atom. The predicted molar refractivity (Wildman–Crippen MR) is 134 cm³/mol. The van der Waals surface area contributed by atoms with Gasteiger partial charge in [-0.25, -0.2) is 0 Å². The molecule has 0 spiro atoms. The Balaban J connectivity index is 1.26. The van der Waals surface area contributed by atoms with E-state index < -0.39 is 5.91 Å². The number of hydrogen-bond donors (Lipinski definition) is 2. The number of nitrogens with one attached hydrogen (secondary N) is 1. The van der Waals surface area contributed by atoms with Crippen LogP contribution in [0.1, 0.15) is 112 Å². The minimum absolute atomic E-state index is 0.0728. The molecule has 192 valence electrons. The lowest BCUT2D eigenvalue weighted by molar-refractivity contribution is -0.116. The van der Waals surface area contributed by atoms with Crippen molar-refractivity contribution in [3.8, 4) is 0 Å². The van der Waals surface area contributed by atoms with E-state index in [2.05, 4.69) is 5.32 Å². The lowest BCUT2D eigenvalue weighted by Gasteiger charge is -2.13. The van der Waals surface area contributed by atoms with E-state index in [1.165, 1.54) is 11.8 Å². The van der Waals surface area contributed by atoms with Gasteiger partial charge in [0.25, 0.3) is 17.7 Å². The van der Waals surface area contributed by atoms with Crippen molar-refractivity contribution < 1.29 is 28.4 Å². The molecule has 0 saturated carbocycles. The smallest absolute Gasteiger partial charge is 0.261 e. The number of anilines is 1. The van der Waals surface area contributed by atoms with Gasteiger partial charge < -0.3 is 10.2 Å². The van der Waals surface area contributed by atoms with E-state index in [0.717, 1.165) is 44.9 Å². The van der Waals surface area contributed by atoms with Crippen LogP contribution in [0.25, 0.3) is 0 Å². The summed E-state index contributed by atoms with van der Waals surface area (Å²) in [7, 11) is 0. The molecule has 0 fully saturated rings. The SMILES string of the molecule is CC(=O)c1c(C)oc(NC(=O)CCCCCCCCCCN2C(=O)c3ccccc3C2=O)c1C(N)=O. The van der Waals surface area contributed by atoms with Gasteiger partial charge in [-0.3, -0.25) is 34.2 Å². The van der Waals surface area contributed by atoms with Crippen molar-refractivity contribution >= 4 is 35.3 Å². The fourth-order valence-corrected chi connectivity index (χ4v) is 4.54. The summed E-state index contributed by atoms with van der Waals surface area (Å²) in [5.41, 5.74) is 6.36. The van der Waals surface area contributed by atoms with E-state index in [1.807, 2.05) is 0 Å². The van der Waals surface area contributed by atoms with Gasteiger partial charge in [-0.1, -0.05) is 50.7 Å². The number of nitrogens with zero attached hydrogens (tertiary/aromatic N) is 1. The minimum atomic E-state index is -0.823. The van der Waals surface area contributed by atoms with Gasteiger partial charge in [-0.15, -0.1) is 0 Å². The second-order valence-corrected chi connectivity index (χ2v) is 9.09. The van der Waals surface area contributed by atoms with Crippen LogP contribution in [0.2, 0.25) is 0 Å². The Labute approximate surface area is 210 Å². The van der Waals surface area contributed by atoms with Gasteiger partial charge in [-0.2, -0.15) is 0 Å². The van der Waals surface area contributed by atoms with E-state index in [9.17, 15) is 24.0 Å². The second-order valence-electron chi connectivity index (χ2n) is 9.09. The van der Waals surface area contributed by atoms with E-state index >= 15 is 0 Å². The van der Waals surface area contributed by atoms with Gasteiger partial charge in [-0.05, 0) is 38.8 Å². The molecule has 0 saturated heterocycles. The molecule has 9 nitrogen and oxygen atoms in total. The fraction of sp³-hybridized carbons (Fsp3) is 0.444. The van der Waals surface area contributed by atoms with Crippen LogP contribution in [0.3, 0.4) is 0 Å². The number of imide groups is 1. The molecule has 36 heavy (non-hydrogen) atoms. The van der Waals surface area contributed by atoms with Crippen LogP contribution >= 0.6 is 0 Å². The lowest BCUT2D eigenvalue weighted by Crippen LogP contribution is -2.30. The van der Waals surface area contributed by atoms with Crippen LogP contribution in [-0.4, -0.2) is 40.9 Å². The Kier molecular flexibility index (Phi) is 9.16. The predicted octanol–water partition coefficient (Wildman–Crippen LogP) is 4.64. The van der Waals surface area contributed by atoms with Crippen LogP contribution in [0.4, 0.5) is 5.88 Å². The number of primary amides is 1. The largest absolute Gasteiger partial charge is 0.444 e. The molecule has 0 bridgehead atoms. The van der Waals surface area contributed by atoms with Crippen LogP contribution in [0.5, 0.6) is 0 Å². The lowest BCUT2D eigenvalue weighted by atomic mass is 10.1. The number of Topliss-reactive ketones (excluding diaryl/α,β-unsaturated/α-hetero) is 1. The third-order valence-electron chi connectivity index (χ3n) is 6.35. The Bertz CT molecular complexity index is 1130. The maximum absolute atomic E-state index is 12.4. The molecule has 2 heterocycles. The first-order valence-corrected chi connectivity index (χ1v) is 12.4. The minimum Gasteiger partial charge on any atom is -0.444 e. The first-order chi connectivity index (χ1) is 17.2. The van der Waals surface area contributed by atoms with E-state index in [-0.39, 0.29) is 52.7 Å². The first-order valence-electron chi connectivity index (χ1n) is 12.4. The molecule has 1 aliphatic rings. The summed E-state index contributed by atoms with van der Waals surface area (Å²) >= 11 is 0. The summed E-state index contributed by atoms with van der Waals surface area (Å²) in [5.74, 6) is -1.70. The molecule has 1 aliphatic heterocycles. The number of unbranched alkanes of at least 4 members (excludes halogenated alkanes) is 7. The highest BCUT2D eigenvalue weighted by Crippen LogP contribution is 2.27. The van der Waals surface area contributed by atoms with Gasteiger partial charge in [0.05, 0.1) is 16.7 Å². The van der Waals surface area contributed by atoms with Crippen molar-refractivity contribution in [2.75, 3.05) is 11.9 Å². The Hall–Kier alpha value is -3.75. The average molecular weight is 496 g/mol. The molecule has 1 aromatic heterocycles. The van der Waals surface area contributed by atoms with Gasteiger partial charge >= 0.3 is 0 Å². The van der Waals surface area contributed by atoms with Crippen LogP contribution in [0, 0.1) is 6.92 Å². The topological polar surface area (TPSA) is 140 Å². The quantitative estimate of drug-likeness (QED) is 0.222. The number of nitrogens with two attached hydrogens (primary N) is 1. The zero-order valence-corrected chi connectivity index (χ0v) is 20.9. The molecule has 0 atom stereocenters. The fourth-order valence-electron chi connectivity index (χ4n) is 4.54. The van der Waals surface area contributed by atoms with Crippen molar-refractivity contribution in [2.24, 2.45) is 5.73 Å². The highest BCUT2D eigenvalue weighted by atomic mass is 16.4. The van der Waals surface area contributed by atoms with Crippen molar-refractivity contribution in [3.63, 3.8) is 0 Å². The van der Waals surface area contributed by atoms with Gasteiger partial charge in [0.2, 0.25) is 11.8 Å². The first kappa shape index (κ1) is 26.8. The summed E-state index contributed by atoms with van der Waals surface area (Å²) in [6.45, 7) is 3.30. The normalized spacial score (nSPS) is 12.7. The van der Waals surface area contributed by atoms with E-state index in [0.29, 0.717) is 24.1 Å². The van der Waals surface area contributed by atoms with Crippen LogP contribution < -0.4 is 11.1 Å². The third kappa shape index (κ3) is 6.27. The number of carbonyl (C=O) groups is 5. The van der Waals surface area contributed by atoms with Crippen LogP contribution in [0.15, 0.2) is 28.7 Å². The monoisotopic (exact) mass is 495 g/mol. The Morgan fingerprint density at radius 1 is 0.861 bits per heavy atom. The molecule has 0 aliphatic carbocycles. The molecule has 4 amide bonds. The van der Waals surface area contributed by atoms with Crippen molar-refractivity contribution in [1.29, 1.82) is 0 Å². The molecule has 0 radical (unpaired) electrons. The molecule has 0 unspecified atom stereocenters. The zero-order chi connectivity index (χ0) is 26.2. The van der Waals surface area contributed by atoms with Gasteiger partial charge in [0, 0.05) is 13.0 Å². The summed E-state index contributed by atoms with van der Waals surface area (Å²) in [6, 6.07) is 6.93. The number of amides is 4. The number of fused-ring (bicyclic) bond motifs is 1. The summed E-state index contributed by atoms with van der Waals surface area (Å²) in [4.78, 5) is 61.8. The number of carbonyl (C=O) groups excluding carboxylic acids is 5. The highest BCUT2D eigenvalue weighted by Gasteiger charge is 2.34. The maximum Gasteiger partial charge on any atom is 0.261 e. The van der Waals surface area contributed by atoms with Crippen molar-refractivity contribution in [3.05, 3.63) is 52.3 Å². The van der Waals surface area contributed by atoms with E-state index in [1.54, 1.807) is 31.2 Å². The molecule has 3 N–H and O–H groups in total. The second kappa shape index (κ2) is 12.3. The zero-order valence-electron chi connectivity index (χ0n) is 20.9. The standard InChI is InChI=1S/C27H33N3O6/c1-17(31)22-18(2)36-25(23(22)24(28)33)29-21(32)15-9-7-5-3-4-6-8-12-16-30-26(34)19-13-10-11-14-20(19)27(30)35/h10-11,13-14H,3-9,12,15-16H2,1-2H3,(H2,28,33)(H,29,32). The highest BCUT2D eigenvalue weighted by molar-refractivity contribution is 6.21. The molecule has 9 heteroatoms.